The number of unbranched alkanes of at least 4 members (excludes halogenated alkanes) is 1. The minimum absolute atomic E-state index is 0.0604. The van der Waals surface area contributed by atoms with Crippen molar-refractivity contribution in [2.24, 2.45) is 11.7 Å². The molecule has 4 heterocycles. The van der Waals surface area contributed by atoms with E-state index in [4.69, 9.17) is 25.3 Å². The fourth-order valence-corrected chi connectivity index (χ4v) is 6.53. The molecule has 2 aliphatic heterocycles. The van der Waals surface area contributed by atoms with Crippen molar-refractivity contribution in [2.75, 3.05) is 6.54 Å². The van der Waals surface area contributed by atoms with Gasteiger partial charge in [-0.2, -0.15) is 0 Å². The molecule has 14 nitrogen and oxygen atoms in total. The summed E-state index contributed by atoms with van der Waals surface area (Å²) in [6, 6.07) is 8.94. The maximum absolute atomic E-state index is 14.0. The summed E-state index contributed by atoms with van der Waals surface area (Å²) >= 11 is 0. The number of para-hydroxylation sites is 1. The molecule has 3 atom stereocenters. The second-order valence-corrected chi connectivity index (χ2v) is 13.2. The van der Waals surface area contributed by atoms with Crippen LogP contribution in [0.1, 0.15) is 82.4 Å². The first-order chi connectivity index (χ1) is 23.9. The highest BCUT2D eigenvalue weighted by Crippen LogP contribution is 2.41. The lowest BCUT2D eigenvalue weighted by atomic mass is 9.85. The van der Waals surface area contributed by atoms with E-state index in [0.717, 1.165) is 16.5 Å². The number of fused-ring (bicyclic) bond motifs is 5. The number of nitrogens with zero attached hydrogens (tertiary/aromatic N) is 2. The molecule has 0 radical (unpaired) electrons. The molecule has 266 valence electrons. The third-order valence-electron chi connectivity index (χ3n) is 9.13. The van der Waals surface area contributed by atoms with Crippen LogP contribution in [0, 0.1) is 5.92 Å². The maximum atomic E-state index is 14.0. The highest BCUT2D eigenvalue weighted by molar-refractivity contribution is 5.93. The quantitative estimate of drug-likeness (QED) is 0.105. The van der Waals surface area contributed by atoms with E-state index in [1.165, 1.54) is 0 Å². The fourth-order valence-electron chi connectivity index (χ4n) is 6.53. The van der Waals surface area contributed by atoms with Gasteiger partial charge in [0.05, 0.1) is 35.4 Å². The fraction of sp³-hybridized carbons (Fsp3) is 0.472. The summed E-state index contributed by atoms with van der Waals surface area (Å²) in [5.74, 6) is -4.31. The zero-order valence-electron chi connectivity index (χ0n) is 28.5. The Kier molecular flexibility index (Phi) is 11.0. The number of cyclic esters (lactones) is 1. The van der Waals surface area contributed by atoms with E-state index in [9.17, 15) is 28.8 Å². The number of nitrogens with two attached hydrogens (primary N) is 1. The Hall–Kier alpha value is -5.11. The molecule has 1 aromatic carbocycles. The minimum Gasteiger partial charge on any atom is -0.481 e. The number of esters is 2. The number of carbonyl (C=O) groups excluding carboxylic acids is 4. The molecule has 3 aromatic rings. The van der Waals surface area contributed by atoms with E-state index in [2.05, 4.69) is 10.6 Å². The van der Waals surface area contributed by atoms with Gasteiger partial charge in [0.25, 0.3) is 5.56 Å². The lowest BCUT2D eigenvalue weighted by molar-refractivity contribution is -0.191. The standard InChI is InChI=1S/C36H43N5O9/c1-4-36(50-34(47)27(15-20(2)3)40-32(45)26(11-7-8-14-37)38-29(42)12-13-30(43)44)24-17-28-31-22(16-21-9-5-6-10-25(21)39-31)18-41(28)33(46)23(24)19-49-35(36)48/h5-6,9-10,16-17,20,26-27H,4,7-8,11-15,18-19,37H2,1-3H3,(H,38,42)(H,40,45)(H,43,44)/t26?,27?,36-/m0/s1. The van der Waals surface area contributed by atoms with E-state index in [-0.39, 0.29) is 61.4 Å². The van der Waals surface area contributed by atoms with Crippen LogP contribution in [0.15, 0.2) is 41.2 Å². The number of ether oxygens (including phenoxy) is 2. The topological polar surface area (TPSA) is 209 Å². The number of aliphatic carboxylic acids is 1. The Morgan fingerprint density at radius 3 is 2.54 bits per heavy atom. The smallest absolute Gasteiger partial charge is 0.355 e. The van der Waals surface area contributed by atoms with Gasteiger partial charge in [-0.3, -0.25) is 19.2 Å². The first-order valence-corrected chi connectivity index (χ1v) is 17.0. The van der Waals surface area contributed by atoms with E-state index in [1.807, 2.05) is 44.2 Å². The number of benzene rings is 1. The van der Waals surface area contributed by atoms with Gasteiger partial charge < -0.3 is 35.5 Å². The Morgan fingerprint density at radius 1 is 1.08 bits per heavy atom. The van der Waals surface area contributed by atoms with Crippen molar-refractivity contribution in [3.8, 4) is 11.4 Å². The summed E-state index contributed by atoms with van der Waals surface area (Å²) in [6.07, 6.45) is 0.598. The van der Waals surface area contributed by atoms with E-state index in [0.29, 0.717) is 30.8 Å². The number of rotatable bonds is 15. The van der Waals surface area contributed by atoms with E-state index >= 15 is 0 Å². The van der Waals surface area contributed by atoms with Crippen LogP contribution in [0.25, 0.3) is 22.3 Å². The van der Waals surface area contributed by atoms with Crippen LogP contribution in [0.3, 0.4) is 0 Å². The van der Waals surface area contributed by atoms with Crippen LogP contribution >= 0.6 is 0 Å². The predicted octanol–water partition coefficient (Wildman–Crippen LogP) is 2.64. The number of hydrogen-bond acceptors (Lipinski definition) is 10. The van der Waals surface area contributed by atoms with Gasteiger partial charge in [-0.15, -0.1) is 0 Å². The van der Waals surface area contributed by atoms with Crippen molar-refractivity contribution in [3.63, 3.8) is 0 Å². The average Bonchev–Trinajstić information content (AvgIpc) is 3.44. The SMILES string of the molecule is CC[C@@]1(OC(=O)C(CC(C)C)NC(=O)C(CCCCN)NC(=O)CCC(=O)O)C(=O)OCc2c1cc1n(c2=O)Cc2cc3ccccc3nc2-1. The number of carbonyl (C=O) groups is 5. The van der Waals surface area contributed by atoms with Crippen LogP contribution in [-0.4, -0.2) is 63.0 Å². The molecule has 5 rings (SSSR count). The normalized spacial score (nSPS) is 17.3. The third-order valence-corrected chi connectivity index (χ3v) is 9.13. The first-order valence-electron chi connectivity index (χ1n) is 17.0. The summed E-state index contributed by atoms with van der Waals surface area (Å²) in [4.78, 5) is 83.4. The van der Waals surface area contributed by atoms with Gasteiger partial charge in [-0.1, -0.05) is 39.0 Å². The Bertz CT molecular complexity index is 1890. The van der Waals surface area contributed by atoms with Gasteiger partial charge in [0.15, 0.2) is 0 Å². The highest BCUT2D eigenvalue weighted by atomic mass is 16.6. The summed E-state index contributed by atoms with van der Waals surface area (Å²) in [6.45, 7) is 5.68. The number of pyridine rings is 2. The van der Waals surface area contributed by atoms with Crippen molar-refractivity contribution < 1.29 is 38.6 Å². The van der Waals surface area contributed by atoms with Crippen molar-refractivity contribution >= 4 is 40.6 Å². The zero-order chi connectivity index (χ0) is 36.2. The van der Waals surface area contributed by atoms with Crippen molar-refractivity contribution in [1.29, 1.82) is 0 Å². The van der Waals surface area contributed by atoms with Crippen LogP contribution < -0.4 is 21.9 Å². The molecule has 0 saturated heterocycles. The zero-order valence-corrected chi connectivity index (χ0v) is 28.5. The predicted molar refractivity (Wildman–Crippen MR) is 181 cm³/mol. The molecule has 50 heavy (non-hydrogen) atoms. The lowest BCUT2D eigenvalue weighted by Gasteiger charge is -2.37. The molecule has 0 fully saturated rings. The lowest BCUT2D eigenvalue weighted by Crippen LogP contribution is -2.54. The Labute approximate surface area is 288 Å². The first kappa shape index (κ1) is 36.2. The molecule has 2 aromatic heterocycles. The Balaban J connectivity index is 1.46. The molecule has 0 aliphatic carbocycles. The number of carboxylic acid groups (broad SMARTS) is 1. The van der Waals surface area contributed by atoms with Crippen molar-refractivity contribution in [3.05, 3.63) is 63.4 Å². The van der Waals surface area contributed by atoms with E-state index < -0.39 is 53.8 Å². The van der Waals surface area contributed by atoms with Crippen LogP contribution in [0.5, 0.6) is 0 Å². The molecule has 0 saturated carbocycles. The van der Waals surface area contributed by atoms with E-state index in [1.54, 1.807) is 17.6 Å². The monoisotopic (exact) mass is 689 g/mol. The van der Waals surface area contributed by atoms with Crippen molar-refractivity contribution in [1.82, 2.24) is 20.2 Å². The largest absolute Gasteiger partial charge is 0.481 e. The summed E-state index contributed by atoms with van der Waals surface area (Å²) in [5, 5.41) is 15.2. The molecule has 5 N–H and O–H groups in total. The molecule has 0 spiro atoms. The van der Waals surface area contributed by atoms with Crippen LogP contribution in [-0.2, 0) is 52.2 Å². The average molecular weight is 690 g/mol. The Morgan fingerprint density at radius 2 is 1.84 bits per heavy atom. The number of aromatic nitrogens is 2. The van der Waals surface area contributed by atoms with Crippen molar-refractivity contribution in [2.45, 2.75) is 96.6 Å². The summed E-state index contributed by atoms with van der Waals surface area (Å²) in [5.41, 5.74) is 6.31. The number of nitrogens with one attached hydrogen (secondary N) is 2. The molecule has 2 unspecified atom stereocenters. The minimum atomic E-state index is -1.98. The maximum Gasteiger partial charge on any atom is 0.355 e. The summed E-state index contributed by atoms with van der Waals surface area (Å²) < 4.78 is 13.1. The van der Waals surface area contributed by atoms with Gasteiger partial charge >= 0.3 is 17.9 Å². The molecular formula is C36H43N5O9. The van der Waals surface area contributed by atoms with Gasteiger partial charge in [-0.25, -0.2) is 14.6 Å². The summed E-state index contributed by atoms with van der Waals surface area (Å²) in [7, 11) is 0. The second kappa shape index (κ2) is 15.2. The number of hydrogen-bond donors (Lipinski definition) is 4. The third kappa shape index (κ3) is 7.39. The van der Waals surface area contributed by atoms with Crippen LogP contribution in [0.2, 0.25) is 0 Å². The number of amides is 2. The molecule has 0 bridgehead atoms. The molecule has 14 heteroatoms. The van der Waals surface area contributed by atoms with Gasteiger partial charge in [0, 0.05) is 22.9 Å². The van der Waals surface area contributed by atoms with Gasteiger partial charge in [0.1, 0.15) is 18.7 Å². The van der Waals surface area contributed by atoms with Gasteiger partial charge in [-0.05, 0) is 62.8 Å². The molecule has 2 aliphatic rings. The highest BCUT2D eigenvalue weighted by Gasteiger charge is 2.51. The molecular weight excluding hydrogens is 646 g/mol. The molecule has 2 amide bonds. The van der Waals surface area contributed by atoms with Gasteiger partial charge in [0.2, 0.25) is 17.4 Å². The second-order valence-electron chi connectivity index (χ2n) is 13.2. The van der Waals surface area contributed by atoms with Crippen LogP contribution in [0.4, 0.5) is 0 Å². The number of carboxylic acids is 1.